The highest BCUT2D eigenvalue weighted by atomic mass is 32.1. The Morgan fingerprint density at radius 1 is 1.25 bits per heavy atom. The third-order valence-corrected chi connectivity index (χ3v) is 4.02. The predicted molar refractivity (Wildman–Crippen MR) is 78.3 cm³/mol. The zero-order valence-electron chi connectivity index (χ0n) is 11.4. The Hall–Kier alpha value is -2.21. The van der Waals surface area contributed by atoms with Gasteiger partial charge in [0.1, 0.15) is 5.76 Å². The van der Waals surface area contributed by atoms with Gasteiger partial charge < -0.3 is 4.52 Å². The molecule has 1 N–H and O–H groups in total. The van der Waals surface area contributed by atoms with Gasteiger partial charge in [-0.1, -0.05) is 22.6 Å². The van der Waals surface area contributed by atoms with Crippen molar-refractivity contribution in [1.82, 2.24) is 10.1 Å². The molecule has 1 aromatic carbocycles. The van der Waals surface area contributed by atoms with Crippen molar-refractivity contribution >= 4 is 32.6 Å². The lowest BCUT2D eigenvalue weighted by atomic mass is 10.1. The van der Waals surface area contributed by atoms with Gasteiger partial charge in [-0.2, -0.15) is 0 Å². The van der Waals surface area contributed by atoms with Gasteiger partial charge in [-0.25, -0.2) is 4.98 Å². The molecule has 0 unspecified atom stereocenters. The standard InChI is InChI=1S/C14H13N3O2S/c1-7-4-8(2)12-10(5-7)15-14(20-12)16-13(18)11-6-9(3)19-17-11/h4-6H,1-3H3,(H,15,16,18). The van der Waals surface area contributed by atoms with Crippen LogP contribution in [-0.2, 0) is 0 Å². The number of hydrogen-bond acceptors (Lipinski definition) is 5. The number of rotatable bonds is 2. The van der Waals surface area contributed by atoms with E-state index in [4.69, 9.17) is 4.52 Å². The van der Waals surface area contributed by atoms with Crippen molar-refractivity contribution in [2.24, 2.45) is 0 Å². The van der Waals surface area contributed by atoms with Crippen LogP contribution in [0.3, 0.4) is 0 Å². The van der Waals surface area contributed by atoms with Crippen molar-refractivity contribution < 1.29 is 9.32 Å². The van der Waals surface area contributed by atoms with Crippen molar-refractivity contribution in [1.29, 1.82) is 0 Å². The highest BCUT2D eigenvalue weighted by Gasteiger charge is 2.14. The first-order chi connectivity index (χ1) is 9.52. The van der Waals surface area contributed by atoms with E-state index in [9.17, 15) is 4.79 Å². The second-order valence-electron chi connectivity index (χ2n) is 4.73. The fourth-order valence-corrected chi connectivity index (χ4v) is 2.97. The average Bonchev–Trinajstić information content (AvgIpc) is 2.95. The van der Waals surface area contributed by atoms with E-state index in [-0.39, 0.29) is 11.6 Å². The summed E-state index contributed by atoms with van der Waals surface area (Å²) in [6.07, 6.45) is 0. The summed E-state index contributed by atoms with van der Waals surface area (Å²) in [4.78, 5) is 16.4. The highest BCUT2D eigenvalue weighted by Crippen LogP contribution is 2.29. The number of benzene rings is 1. The molecule has 0 atom stereocenters. The van der Waals surface area contributed by atoms with Crippen LogP contribution >= 0.6 is 11.3 Å². The summed E-state index contributed by atoms with van der Waals surface area (Å²) >= 11 is 1.46. The predicted octanol–water partition coefficient (Wildman–Crippen LogP) is 3.46. The molecular formula is C14H13N3O2S. The molecule has 0 bridgehead atoms. The maximum atomic E-state index is 12.0. The Labute approximate surface area is 119 Å². The zero-order chi connectivity index (χ0) is 14.3. The number of carbonyl (C=O) groups excluding carboxylic acids is 1. The van der Waals surface area contributed by atoms with Crippen molar-refractivity contribution in [3.8, 4) is 0 Å². The third kappa shape index (κ3) is 2.30. The van der Waals surface area contributed by atoms with E-state index in [0.717, 1.165) is 21.3 Å². The molecule has 0 spiro atoms. The largest absolute Gasteiger partial charge is 0.361 e. The number of anilines is 1. The van der Waals surface area contributed by atoms with Crippen molar-refractivity contribution in [3.63, 3.8) is 0 Å². The van der Waals surface area contributed by atoms with Gasteiger partial charge in [0.05, 0.1) is 10.2 Å². The van der Waals surface area contributed by atoms with Crippen LogP contribution in [0.25, 0.3) is 10.2 Å². The zero-order valence-corrected chi connectivity index (χ0v) is 12.2. The molecule has 0 radical (unpaired) electrons. The number of aromatic nitrogens is 2. The van der Waals surface area contributed by atoms with Crippen LogP contribution < -0.4 is 5.32 Å². The van der Waals surface area contributed by atoms with Crippen LogP contribution in [0.5, 0.6) is 0 Å². The first-order valence-electron chi connectivity index (χ1n) is 6.15. The van der Waals surface area contributed by atoms with E-state index in [1.165, 1.54) is 11.3 Å². The Morgan fingerprint density at radius 2 is 2.05 bits per heavy atom. The van der Waals surface area contributed by atoms with Gasteiger partial charge in [-0.15, -0.1) is 0 Å². The summed E-state index contributed by atoms with van der Waals surface area (Å²) in [7, 11) is 0. The van der Waals surface area contributed by atoms with Crippen molar-refractivity contribution in [3.05, 3.63) is 40.8 Å². The minimum Gasteiger partial charge on any atom is -0.361 e. The van der Waals surface area contributed by atoms with E-state index in [2.05, 4.69) is 21.5 Å². The molecule has 5 nitrogen and oxygen atoms in total. The fraction of sp³-hybridized carbons (Fsp3) is 0.214. The maximum Gasteiger partial charge on any atom is 0.279 e. The number of carbonyl (C=O) groups is 1. The Morgan fingerprint density at radius 3 is 2.75 bits per heavy atom. The third-order valence-electron chi connectivity index (χ3n) is 2.90. The quantitative estimate of drug-likeness (QED) is 0.783. The SMILES string of the molecule is Cc1cc(C)c2sc(NC(=O)c3cc(C)on3)nc2c1. The van der Waals surface area contributed by atoms with Crippen molar-refractivity contribution in [2.45, 2.75) is 20.8 Å². The minimum atomic E-state index is -0.310. The lowest BCUT2D eigenvalue weighted by Gasteiger charge is -1.95. The van der Waals surface area contributed by atoms with Gasteiger partial charge in [0.15, 0.2) is 10.8 Å². The first-order valence-corrected chi connectivity index (χ1v) is 6.97. The van der Waals surface area contributed by atoms with E-state index < -0.39 is 0 Å². The van der Waals surface area contributed by atoms with Gasteiger partial charge in [0.25, 0.3) is 5.91 Å². The molecule has 20 heavy (non-hydrogen) atoms. The number of thiazole rings is 1. The number of nitrogens with zero attached hydrogens (tertiary/aromatic N) is 2. The molecule has 0 saturated carbocycles. The number of nitrogens with one attached hydrogen (secondary N) is 1. The Bertz CT molecular complexity index is 804. The number of aryl methyl sites for hydroxylation is 3. The van der Waals surface area contributed by atoms with Gasteiger partial charge in [0.2, 0.25) is 0 Å². The van der Waals surface area contributed by atoms with Crippen molar-refractivity contribution in [2.75, 3.05) is 5.32 Å². The summed E-state index contributed by atoms with van der Waals surface area (Å²) in [5.41, 5.74) is 3.48. The topological polar surface area (TPSA) is 68.0 Å². The first kappa shape index (κ1) is 12.8. The highest BCUT2D eigenvalue weighted by molar-refractivity contribution is 7.22. The number of amides is 1. The summed E-state index contributed by atoms with van der Waals surface area (Å²) in [6, 6.07) is 5.71. The van der Waals surface area contributed by atoms with Crippen LogP contribution in [0.2, 0.25) is 0 Å². The van der Waals surface area contributed by atoms with Crippen LogP contribution in [0.1, 0.15) is 27.4 Å². The molecule has 0 fully saturated rings. The maximum absolute atomic E-state index is 12.0. The molecule has 3 aromatic rings. The summed E-state index contributed by atoms with van der Waals surface area (Å²) in [5.74, 6) is 0.293. The second-order valence-corrected chi connectivity index (χ2v) is 5.73. The molecule has 0 saturated heterocycles. The van der Waals surface area contributed by atoms with Gasteiger partial charge in [0, 0.05) is 6.07 Å². The van der Waals surface area contributed by atoms with E-state index >= 15 is 0 Å². The second kappa shape index (κ2) is 4.72. The summed E-state index contributed by atoms with van der Waals surface area (Å²) < 4.78 is 5.97. The smallest absolute Gasteiger partial charge is 0.279 e. The summed E-state index contributed by atoms with van der Waals surface area (Å²) in [6.45, 7) is 5.82. The Balaban J connectivity index is 1.91. The molecular weight excluding hydrogens is 274 g/mol. The normalized spacial score (nSPS) is 10.9. The van der Waals surface area contributed by atoms with Crippen LogP contribution in [0, 0.1) is 20.8 Å². The number of hydrogen-bond donors (Lipinski definition) is 1. The van der Waals surface area contributed by atoms with E-state index in [1.54, 1.807) is 13.0 Å². The van der Waals surface area contributed by atoms with Crippen LogP contribution in [-0.4, -0.2) is 16.0 Å². The fourth-order valence-electron chi connectivity index (χ4n) is 2.06. The average molecular weight is 287 g/mol. The molecule has 0 aliphatic heterocycles. The van der Waals surface area contributed by atoms with Gasteiger partial charge in [-0.3, -0.25) is 10.1 Å². The molecule has 3 rings (SSSR count). The van der Waals surface area contributed by atoms with Crippen LogP contribution in [0.15, 0.2) is 22.7 Å². The van der Waals surface area contributed by atoms with Gasteiger partial charge >= 0.3 is 0 Å². The van der Waals surface area contributed by atoms with E-state index in [1.807, 2.05) is 19.9 Å². The molecule has 0 aliphatic carbocycles. The van der Waals surface area contributed by atoms with Crippen LogP contribution in [0.4, 0.5) is 5.13 Å². The molecule has 2 heterocycles. The molecule has 102 valence electrons. The molecule has 1 amide bonds. The number of fused-ring (bicyclic) bond motifs is 1. The summed E-state index contributed by atoms with van der Waals surface area (Å²) in [5, 5.41) is 7.01. The lowest BCUT2D eigenvalue weighted by Crippen LogP contribution is -2.11. The lowest BCUT2D eigenvalue weighted by molar-refractivity contribution is 0.101. The Kier molecular flexibility index (Phi) is 3.02. The van der Waals surface area contributed by atoms with E-state index in [0.29, 0.717) is 10.9 Å². The molecule has 0 aliphatic rings. The molecule has 2 aromatic heterocycles. The molecule has 6 heteroatoms. The van der Waals surface area contributed by atoms with Gasteiger partial charge in [-0.05, 0) is 38.0 Å². The monoisotopic (exact) mass is 287 g/mol. The minimum absolute atomic E-state index is 0.259.